The molecule has 0 aromatic carbocycles. The number of nitrogens with two attached hydrogens (primary N) is 1. The molecule has 0 saturated heterocycles. The van der Waals surface area contributed by atoms with Crippen LogP contribution in [-0.2, 0) is 16.1 Å². The Balaban J connectivity index is 2.38. The Kier molecular flexibility index (Phi) is 7.14. The Bertz CT molecular complexity index is 372. The van der Waals surface area contributed by atoms with Crippen LogP contribution >= 0.6 is 0 Å². The van der Waals surface area contributed by atoms with Crippen LogP contribution in [0.25, 0.3) is 0 Å². The lowest BCUT2D eigenvalue weighted by Gasteiger charge is -2.09. The van der Waals surface area contributed by atoms with Gasteiger partial charge < -0.3 is 19.9 Å². The SMILES string of the molecule is CCOCc1nc(N)cc(OCCOCC(C)C)n1. The second kappa shape index (κ2) is 8.66. The molecule has 1 heterocycles. The van der Waals surface area contributed by atoms with Crippen molar-refractivity contribution in [3.63, 3.8) is 0 Å². The van der Waals surface area contributed by atoms with Gasteiger partial charge in [-0.1, -0.05) is 13.8 Å². The number of rotatable bonds is 9. The molecule has 0 spiro atoms. The Morgan fingerprint density at radius 1 is 1.21 bits per heavy atom. The third-order valence-electron chi connectivity index (χ3n) is 2.13. The smallest absolute Gasteiger partial charge is 0.218 e. The maximum atomic E-state index is 5.68. The molecular weight excluding hydrogens is 246 g/mol. The van der Waals surface area contributed by atoms with Crippen LogP contribution in [0.15, 0.2) is 6.07 Å². The summed E-state index contributed by atoms with van der Waals surface area (Å²) < 4.78 is 16.1. The van der Waals surface area contributed by atoms with Crippen LogP contribution < -0.4 is 10.5 Å². The minimum absolute atomic E-state index is 0.335. The highest BCUT2D eigenvalue weighted by Crippen LogP contribution is 2.11. The van der Waals surface area contributed by atoms with Crippen LogP contribution in [0.3, 0.4) is 0 Å². The van der Waals surface area contributed by atoms with Crippen LogP contribution in [0.2, 0.25) is 0 Å². The summed E-state index contributed by atoms with van der Waals surface area (Å²) in [6.07, 6.45) is 0. The molecule has 0 aliphatic carbocycles. The molecule has 0 aliphatic rings. The third kappa shape index (κ3) is 6.93. The van der Waals surface area contributed by atoms with E-state index in [9.17, 15) is 0 Å². The predicted molar refractivity (Wildman–Crippen MR) is 72.9 cm³/mol. The monoisotopic (exact) mass is 269 g/mol. The van der Waals surface area contributed by atoms with E-state index in [0.717, 1.165) is 6.61 Å². The third-order valence-corrected chi connectivity index (χ3v) is 2.13. The molecule has 0 bridgehead atoms. The fourth-order valence-corrected chi connectivity index (χ4v) is 1.35. The number of hydrogen-bond donors (Lipinski definition) is 1. The van der Waals surface area contributed by atoms with Crippen molar-refractivity contribution in [2.45, 2.75) is 27.4 Å². The van der Waals surface area contributed by atoms with Crippen molar-refractivity contribution in [1.82, 2.24) is 9.97 Å². The first-order chi connectivity index (χ1) is 9.11. The van der Waals surface area contributed by atoms with Gasteiger partial charge in [0.1, 0.15) is 19.0 Å². The lowest BCUT2D eigenvalue weighted by molar-refractivity contribution is 0.0801. The number of hydrogen-bond acceptors (Lipinski definition) is 6. The highest BCUT2D eigenvalue weighted by atomic mass is 16.5. The molecule has 108 valence electrons. The Labute approximate surface area is 114 Å². The number of aromatic nitrogens is 2. The second-order valence-corrected chi connectivity index (χ2v) is 4.50. The molecule has 0 aliphatic heterocycles. The van der Waals surface area contributed by atoms with E-state index in [-0.39, 0.29) is 0 Å². The van der Waals surface area contributed by atoms with Crippen molar-refractivity contribution in [1.29, 1.82) is 0 Å². The minimum atomic E-state index is 0.335. The zero-order chi connectivity index (χ0) is 14.1. The molecule has 6 nitrogen and oxygen atoms in total. The fourth-order valence-electron chi connectivity index (χ4n) is 1.35. The lowest BCUT2D eigenvalue weighted by Crippen LogP contribution is -2.12. The van der Waals surface area contributed by atoms with Crippen molar-refractivity contribution < 1.29 is 14.2 Å². The predicted octanol–water partition coefficient (Wildman–Crippen LogP) is 1.65. The first-order valence-corrected chi connectivity index (χ1v) is 6.53. The number of anilines is 1. The summed E-state index contributed by atoms with van der Waals surface area (Å²) in [5.74, 6) is 1.88. The molecule has 1 rings (SSSR count). The Morgan fingerprint density at radius 3 is 2.68 bits per heavy atom. The van der Waals surface area contributed by atoms with Crippen LogP contribution in [0.5, 0.6) is 5.88 Å². The zero-order valence-corrected chi connectivity index (χ0v) is 11.9. The van der Waals surface area contributed by atoms with E-state index in [0.29, 0.717) is 49.9 Å². The largest absolute Gasteiger partial charge is 0.475 e. The van der Waals surface area contributed by atoms with Gasteiger partial charge in [-0.2, -0.15) is 4.98 Å². The van der Waals surface area contributed by atoms with Gasteiger partial charge in [-0.05, 0) is 12.8 Å². The van der Waals surface area contributed by atoms with Gasteiger partial charge in [0.2, 0.25) is 5.88 Å². The summed E-state index contributed by atoms with van der Waals surface area (Å²) in [5.41, 5.74) is 5.68. The van der Waals surface area contributed by atoms with Gasteiger partial charge in [-0.3, -0.25) is 0 Å². The summed E-state index contributed by atoms with van der Waals surface area (Å²) in [4.78, 5) is 8.28. The van der Waals surface area contributed by atoms with E-state index >= 15 is 0 Å². The van der Waals surface area contributed by atoms with E-state index in [4.69, 9.17) is 19.9 Å². The Hall–Kier alpha value is -1.40. The normalized spacial score (nSPS) is 10.9. The van der Waals surface area contributed by atoms with E-state index in [2.05, 4.69) is 23.8 Å². The molecule has 0 fully saturated rings. The first kappa shape index (κ1) is 15.7. The summed E-state index contributed by atoms with van der Waals surface area (Å²) in [6.45, 7) is 8.76. The molecule has 0 atom stereocenters. The maximum Gasteiger partial charge on any atom is 0.218 e. The van der Waals surface area contributed by atoms with E-state index < -0.39 is 0 Å². The van der Waals surface area contributed by atoms with Crippen LogP contribution in [0, 0.1) is 5.92 Å². The number of ether oxygens (including phenoxy) is 3. The maximum absolute atomic E-state index is 5.68. The average Bonchev–Trinajstić information content (AvgIpc) is 2.35. The average molecular weight is 269 g/mol. The standard InChI is InChI=1S/C13H23N3O3/c1-4-17-9-12-15-11(14)7-13(16-12)19-6-5-18-8-10(2)3/h7,10H,4-6,8-9H2,1-3H3,(H2,14,15,16). The van der Waals surface area contributed by atoms with Gasteiger partial charge in [0, 0.05) is 19.3 Å². The van der Waals surface area contributed by atoms with Crippen molar-refractivity contribution in [3.8, 4) is 5.88 Å². The fraction of sp³-hybridized carbons (Fsp3) is 0.692. The Morgan fingerprint density at radius 2 is 2.00 bits per heavy atom. The first-order valence-electron chi connectivity index (χ1n) is 6.53. The van der Waals surface area contributed by atoms with E-state index in [1.807, 2.05) is 6.92 Å². The van der Waals surface area contributed by atoms with E-state index in [1.165, 1.54) is 0 Å². The van der Waals surface area contributed by atoms with Crippen LogP contribution in [0.1, 0.15) is 26.6 Å². The van der Waals surface area contributed by atoms with E-state index in [1.54, 1.807) is 6.07 Å². The van der Waals surface area contributed by atoms with Gasteiger partial charge in [0.05, 0.1) is 6.61 Å². The molecule has 19 heavy (non-hydrogen) atoms. The summed E-state index contributed by atoms with van der Waals surface area (Å²) in [5, 5.41) is 0. The molecule has 0 unspecified atom stereocenters. The molecule has 0 saturated carbocycles. The van der Waals surface area contributed by atoms with Crippen molar-refractivity contribution in [2.75, 3.05) is 32.2 Å². The molecule has 1 aromatic heterocycles. The lowest BCUT2D eigenvalue weighted by atomic mass is 10.2. The van der Waals surface area contributed by atoms with Gasteiger partial charge in [-0.15, -0.1) is 0 Å². The van der Waals surface area contributed by atoms with Gasteiger partial charge in [-0.25, -0.2) is 4.98 Å². The number of nitrogens with zero attached hydrogens (tertiary/aromatic N) is 2. The zero-order valence-electron chi connectivity index (χ0n) is 11.9. The van der Waals surface area contributed by atoms with Gasteiger partial charge in [0.15, 0.2) is 5.82 Å². The minimum Gasteiger partial charge on any atom is -0.475 e. The molecule has 6 heteroatoms. The highest BCUT2D eigenvalue weighted by molar-refractivity contribution is 5.32. The molecular formula is C13H23N3O3. The topological polar surface area (TPSA) is 79.5 Å². The molecule has 1 aromatic rings. The molecule has 0 radical (unpaired) electrons. The van der Waals surface area contributed by atoms with Gasteiger partial charge in [0.25, 0.3) is 0 Å². The van der Waals surface area contributed by atoms with Crippen LogP contribution in [-0.4, -0.2) is 36.4 Å². The van der Waals surface area contributed by atoms with Crippen molar-refractivity contribution in [3.05, 3.63) is 11.9 Å². The summed E-state index contributed by atoms with van der Waals surface area (Å²) in [7, 11) is 0. The van der Waals surface area contributed by atoms with Gasteiger partial charge >= 0.3 is 0 Å². The van der Waals surface area contributed by atoms with Crippen LogP contribution in [0.4, 0.5) is 5.82 Å². The van der Waals surface area contributed by atoms with Crippen molar-refractivity contribution in [2.24, 2.45) is 5.92 Å². The molecule has 2 N–H and O–H groups in total. The second-order valence-electron chi connectivity index (χ2n) is 4.50. The quantitative estimate of drug-likeness (QED) is 0.687. The van der Waals surface area contributed by atoms with Crippen molar-refractivity contribution >= 4 is 5.82 Å². The summed E-state index contributed by atoms with van der Waals surface area (Å²) in [6, 6.07) is 1.60. The molecule has 0 amide bonds. The number of nitrogen functional groups attached to an aromatic ring is 1. The summed E-state index contributed by atoms with van der Waals surface area (Å²) >= 11 is 0. The highest BCUT2D eigenvalue weighted by Gasteiger charge is 2.04.